The van der Waals surface area contributed by atoms with Crippen LogP contribution in [0.2, 0.25) is 0 Å². The average Bonchev–Trinajstić information content (AvgIpc) is 3.16. The van der Waals surface area contributed by atoms with E-state index in [0.717, 1.165) is 10.8 Å². The first kappa shape index (κ1) is 16.6. The molecule has 25 heavy (non-hydrogen) atoms. The first-order valence-electron chi connectivity index (χ1n) is 9.29. The summed E-state index contributed by atoms with van der Waals surface area (Å²) in [6.07, 6.45) is 8.29. The average molecular weight is 355 g/mol. The van der Waals surface area contributed by atoms with E-state index in [2.05, 4.69) is 58.0 Å². The number of hydrogen-bond donors (Lipinski definition) is 1. The normalized spacial score (nSPS) is 24.6. The Bertz CT molecular complexity index is 748. The van der Waals surface area contributed by atoms with Crippen molar-refractivity contribution in [3.05, 3.63) is 53.6 Å². The van der Waals surface area contributed by atoms with E-state index < -0.39 is 0 Å². The van der Waals surface area contributed by atoms with Crippen molar-refractivity contribution in [1.82, 2.24) is 19.8 Å². The van der Waals surface area contributed by atoms with Gasteiger partial charge in [-0.05, 0) is 56.2 Å². The van der Waals surface area contributed by atoms with Crippen LogP contribution in [0.1, 0.15) is 61.3 Å². The van der Waals surface area contributed by atoms with Gasteiger partial charge in [0.1, 0.15) is 0 Å². The van der Waals surface area contributed by atoms with E-state index in [4.69, 9.17) is 12.2 Å². The zero-order valence-electron chi connectivity index (χ0n) is 15.0. The standard InChI is InChI=1S/C20H26N4S/c1-14-11-12-17(23(14)2)19-18(16-10-6-7-13-21-16)22-20(25)24(19)15-8-4-3-5-9-15/h6-7,10-13,15,18-19H,3-5,8-9H2,1-2H3,(H,22,25)/t18-,19+/m1/s1. The van der Waals surface area contributed by atoms with Crippen molar-refractivity contribution >= 4 is 17.3 Å². The summed E-state index contributed by atoms with van der Waals surface area (Å²) in [5.74, 6) is 0. The van der Waals surface area contributed by atoms with Gasteiger partial charge in [0.25, 0.3) is 0 Å². The molecule has 0 bridgehead atoms. The van der Waals surface area contributed by atoms with Gasteiger partial charge in [-0.2, -0.15) is 0 Å². The topological polar surface area (TPSA) is 33.1 Å². The molecule has 2 aliphatic rings. The molecule has 1 aliphatic carbocycles. The maximum Gasteiger partial charge on any atom is 0.170 e. The summed E-state index contributed by atoms with van der Waals surface area (Å²) in [6, 6.07) is 11.4. The lowest BCUT2D eigenvalue weighted by Gasteiger charge is -2.37. The second-order valence-electron chi connectivity index (χ2n) is 7.28. The third kappa shape index (κ3) is 2.95. The maximum absolute atomic E-state index is 5.80. The Balaban J connectivity index is 1.77. The Morgan fingerprint density at radius 3 is 2.56 bits per heavy atom. The summed E-state index contributed by atoms with van der Waals surface area (Å²) in [6.45, 7) is 2.16. The summed E-state index contributed by atoms with van der Waals surface area (Å²) in [5, 5.41) is 4.47. The summed E-state index contributed by atoms with van der Waals surface area (Å²) in [5.41, 5.74) is 3.65. The Morgan fingerprint density at radius 2 is 1.92 bits per heavy atom. The zero-order valence-corrected chi connectivity index (χ0v) is 15.8. The highest BCUT2D eigenvalue weighted by molar-refractivity contribution is 7.80. The molecule has 1 saturated heterocycles. The van der Waals surface area contributed by atoms with Crippen molar-refractivity contribution in [2.45, 2.75) is 57.2 Å². The second kappa shape index (κ2) is 6.79. The summed E-state index contributed by atoms with van der Waals surface area (Å²) >= 11 is 5.80. The van der Waals surface area contributed by atoms with Crippen LogP contribution in [-0.4, -0.2) is 25.6 Å². The van der Waals surface area contributed by atoms with Crippen LogP contribution in [-0.2, 0) is 7.05 Å². The van der Waals surface area contributed by atoms with E-state index in [1.54, 1.807) is 0 Å². The van der Waals surface area contributed by atoms with Gasteiger partial charge in [-0.3, -0.25) is 4.98 Å². The number of nitrogens with zero attached hydrogens (tertiary/aromatic N) is 3. The highest BCUT2D eigenvalue weighted by Gasteiger charge is 2.44. The molecule has 4 nitrogen and oxygen atoms in total. The van der Waals surface area contributed by atoms with E-state index in [-0.39, 0.29) is 12.1 Å². The minimum Gasteiger partial charge on any atom is -0.352 e. The maximum atomic E-state index is 5.80. The van der Waals surface area contributed by atoms with Gasteiger partial charge in [0.2, 0.25) is 0 Å². The lowest BCUT2D eigenvalue weighted by molar-refractivity contribution is 0.192. The SMILES string of the molecule is Cc1ccc([C@H]2[C@@H](c3ccccn3)NC(=S)N2C2CCCCC2)n1C. The molecule has 3 heterocycles. The van der Waals surface area contributed by atoms with E-state index >= 15 is 0 Å². The molecule has 0 spiro atoms. The fourth-order valence-electron chi connectivity index (χ4n) is 4.36. The monoisotopic (exact) mass is 354 g/mol. The Hall–Kier alpha value is -1.88. The number of hydrogen-bond acceptors (Lipinski definition) is 2. The minimum absolute atomic E-state index is 0.101. The van der Waals surface area contributed by atoms with Crippen molar-refractivity contribution < 1.29 is 0 Å². The molecule has 0 amide bonds. The summed E-state index contributed by atoms with van der Waals surface area (Å²) in [4.78, 5) is 7.10. The molecule has 2 aromatic heterocycles. The third-order valence-corrected chi connectivity index (χ3v) is 6.15. The molecule has 2 fully saturated rings. The van der Waals surface area contributed by atoms with Gasteiger partial charge in [0.15, 0.2) is 5.11 Å². The first-order chi connectivity index (χ1) is 12.2. The fraction of sp³-hybridized carbons (Fsp3) is 0.500. The van der Waals surface area contributed by atoms with Crippen molar-refractivity contribution in [2.75, 3.05) is 0 Å². The van der Waals surface area contributed by atoms with E-state index in [1.165, 1.54) is 43.5 Å². The molecule has 2 atom stereocenters. The second-order valence-corrected chi connectivity index (χ2v) is 7.67. The number of rotatable bonds is 3. The van der Waals surface area contributed by atoms with Gasteiger partial charge in [0.05, 0.1) is 17.8 Å². The van der Waals surface area contributed by atoms with Gasteiger partial charge >= 0.3 is 0 Å². The molecular formula is C20H26N4S. The van der Waals surface area contributed by atoms with Crippen LogP contribution in [0.15, 0.2) is 36.5 Å². The molecule has 4 rings (SSSR count). The third-order valence-electron chi connectivity index (χ3n) is 5.82. The van der Waals surface area contributed by atoms with Gasteiger partial charge in [-0.25, -0.2) is 0 Å². The summed E-state index contributed by atoms with van der Waals surface area (Å²) < 4.78 is 2.30. The number of aromatic nitrogens is 2. The fourth-order valence-corrected chi connectivity index (χ4v) is 4.75. The van der Waals surface area contributed by atoms with Crippen LogP contribution < -0.4 is 5.32 Å². The highest BCUT2D eigenvalue weighted by atomic mass is 32.1. The Morgan fingerprint density at radius 1 is 1.12 bits per heavy atom. The van der Waals surface area contributed by atoms with Gasteiger partial charge < -0.3 is 14.8 Å². The van der Waals surface area contributed by atoms with Crippen LogP contribution in [0.5, 0.6) is 0 Å². The smallest absolute Gasteiger partial charge is 0.170 e. The van der Waals surface area contributed by atoms with Gasteiger partial charge in [-0.15, -0.1) is 0 Å². The Labute approximate surface area is 155 Å². The minimum atomic E-state index is 0.101. The van der Waals surface area contributed by atoms with Crippen molar-refractivity contribution in [3.8, 4) is 0 Å². The van der Waals surface area contributed by atoms with Crippen LogP contribution in [0.25, 0.3) is 0 Å². The Kier molecular flexibility index (Phi) is 4.50. The summed E-state index contributed by atoms with van der Waals surface area (Å²) in [7, 11) is 2.15. The molecule has 0 radical (unpaired) electrons. The van der Waals surface area contributed by atoms with Gasteiger partial charge in [-0.1, -0.05) is 25.3 Å². The molecule has 0 unspecified atom stereocenters. The molecule has 5 heteroatoms. The quantitative estimate of drug-likeness (QED) is 0.844. The highest BCUT2D eigenvalue weighted by Crippen LogP contribution is 2.42. The predicted molar refractivity (Wildman–Crippen MR) is 104 cm³/mol. The number of nitrogens with one attached hydrogen (secondary N) is 1. The first-order valence-corrected chi connectivity index (χ1v) is 9.69. The van der Waals surface area contributed by atoms with Gasteiger partial charge in [0, 0.05) is 30.7 Å². The zero-order chi connectivity index (χ0) is 17.4. The molecule has 132 valence electrons. The molecule has 2 aromatic rings. The number of aryl methyl sites for hydroxylation is 1. The van der Waals surface area contributed by atoms with Crippen LogP contribution in [0.3, 0.4) is 0 Å². The van der Waals surface area contributed by atoms with Crippen LogP contribution >= 0.6 is 12.2 Å². The van der Waals surface area contributed by atoms with Crippen molar-refractivity contribution in [1.29, 1.82) is 0 Å². The van der Waals surface area contributed by atoms with Crippen LogP contribution in [0, 0.1) is 6.92 Å². The van der Waals surface area contributed by atoms with E-state index in [0.29, 0.717) is 6.04 Å². The van der Waals surface area contributed by atoms with Crippen molar-refractivity contribution in [3.63, 3.8) is 0 Å². The number of thiocarbonyl (C=S) groups is 1. The van der Waals surface area contributed by atoms with E-state index in [1.807, 2.05) is 12.3 Å². The molecule has 1 saturated carbocycles. The molecule has 1 N–H and O–H groups in total. The predicted octanol–water partition coefficient (Wildman–Crippen LogP) is 4.03. The van der Waals surface area contributed by atoms with Crippen molar-refractivity contribution in [2.24, 2.45) is 7.05 Å². The lowest BCUT2D eigenvalue weighted by Crippen LogP contribution is -2.40. The molecule has 0 aromatic carbocycles. The number of pyridine rings is 1. The molecular weight excluding hydrogens is 328 g/mol. The largest absolute Gasteiger partial charge is 0.352 e. The molecule has 1 aliphatic heterocycles. The lowest BCUT2D eigenvalue weighted by atomic mass is 9.92. The van der Waals surface area contributed by atoms with Crippen LogP contribution in [0.4, 0.5) is 0 Å². The van der Waals surface area contributed by atoms with E-state index in [9.17, 15) is 0 Å².